The number of carboxylic acid groups (broad SMARTS) is 1. The van der Waals surface area contributed by atoms with Gasteiger partial charge in [-0.2, -0.15) is 0 Å². The Morgan fingerprint density at radius 1 is 1.15 bits per heavy atom. The van der Waals surface area contributed by atoms with E-state index in [0.717, 1.165) is 34.7 Å². The second-order valence-corrected chi connectivity index (χ2v) is 9.72. The first-order valence-corrected chi connectivity index (χ1v) is 10.5. The SMILES string of the molecule is Cc1cc(S(=O)(=O)N(C)C)cc(NC(=O)CC2(C(=O)O)CCCCC2)c1C. The first-order chi connectivity index (χ1) is 12.5. The number of benzene rings is 1. The summed E-state index contributed by atoms with van der Waals surface area (Å²) in [6.45, 7) is 3.57. The Hall–Kier alpha value is -1.93. The standard InChI is InChI=1S/C19H28N2O5S/c1-13-10-15(27(25,26)21(3)4)11-16(14(13)2)20-17(22)12-19(18(23)24)8-6-5-7-9-19/h10-11H,5-9,12H2,1-4H3,(H,20,22)(H,23,24). The second kappa shape index (κ2) is 7.98. The average Bonchev–Trinajstić information content (AvgIpc) is 2.59. The molecule has 2 N–H and O–H groups in total. The van der Waals surface area contributed by atoms with Gasteiger partial charge < -0.3 is 10.4 Å². The number of hydrogen-bond donors (Lipinski definition) is 2. The molecule has 0 aromatic heterocycles. The lowest BCUT2D eigenvalue weighted by molar-refractivity contribution is -0.153. The predicted octanol–water partition coefficient (Wildman–Crippen LogP) is 2.92. The number of anilines is 1. The van der Waals surface area contributed by atoms with Gasteiger partial charge in [0.25, 0.3) is 0 Å². The van der Waals surface area contributed by atoms with Crippen molar-refractivity contribution >= 4 is 27.6 Å². The number of nitrogens with one attached hydrogen (secondary N) is 1. The molecule has 0 unspecified atom stereocenters. The molecule has 1 aliphatic carbocycles. The van der Waals surface area contributed by atoms with Gasteiger partial charge in [0.15, 0.2) is 0 Å². The number of sulfonamides is 1. The second-order valence-electron chi connectivity index (χ2n) is 7.57. The van der Waals surface area contributed by atoms with E-state index in [2.05, 4.69) is 5.32 Å². The lowest BCUT2D eigenvalue weighted by Gasteiger charge is -2.32. The molecular formula is C19H28N2O5S. The first-order valence-electron chi connectivity index (χ1n) is 9.07. The fourth-order valence-corrected chi connectivity index (χ4v) is 4.53. The van der Waals surface area contributed by atoms with Crippen molar-refractivity contribution in [1.82, 2.24) is 4.31 Å². The van der Waals surface area contributed by atoms with Gasteiger partial charge >= 0.3 is 5.97 Å². The molecule has 0 radical (unpaired) electrons. The molecule has 8 heteroatoms. The van der Waals surface area contributed by atoms with Crippen LogP contribution in [0.25, 0.3) is 0 Å². The minimum absolute atomic E-state index is 0.0940. The largest absolute Gasteiger partial charge is 0.481 e. The number of aryl methyl sites for hydroxylation is 1. The van der Waals surface area contributed by atoms with E-state index in [1.54, 1.807) is 19.9 Å². The van der Waals surface area contributed by atoms with Crippen molar-refractivity contribution in [1.29, 1.82) is 0 Å². The maximum Gasteiger partial charge on any atom is 0.310 e. The van der Waals surface area contributed by atoms with Crippen molar-refractivity contribution in [2.45, 2.75) is 57.3 Å². The maximum absolute atomic E-state index is 12.6. The summed E-state index contributed by atoms with van der Waals surface area (Å²) in [5, 5.41) is 12.4. The van der Waals surface area contributed by atoms with Crippen LogP contribution in [-0.2, 0) is 19.6 Å². The van der Waals surface area contributed by atoms with Crippen LogP contribution in [0.3, 0.4) is 0 Å². The molecule has 0 bridgehead atoms. The van der Waals surface area contributed by atoms with Crippen LogP contribution in [0.4, 0.5) is 5.69 Å². The van der Waals surface area contributed by atoms with Gasteiger partial charge in [0, 0.05) is 26.2 Å². The molecule has 1 aromatic carbocycles. The Balaban J connectivity index is 2.29. The van der Waals surface area contributed by atoms with E-state index in [-0.39, 0.29) is 11.3 Å². The third-order valence-corrected chi connectivity index (χ3v) is 7.25. The quantitative estimate of drug-likeness (QED) is 0.769. The number of hydrogen-bond acceptors (Lipinski definition) is 4. The van der Waals surface area contributed by atoms with Gasteiger partial charge in [0.05, 0.1) is 10.3 Å². The highest BCUT2D eigenvalue weighted by atomic mass is 32.2. The van der Waals surface area contributed by atoms with Gasteiger partial charge in [-0.3, -0.25) is 9.59 Å². The van der Waals surface area contributed by atoms with Crippen LogP contribution in [0.1, 0.15) is 49.7 Å². The van der Waals surface area contributed by atoms with Gasteiger partial charge in [-0.15, -0.1) is 0 Å². The molecule has 1 saturated carbocycles. The highest BCUT2D eigenvalue weighted by molar-refractivity contribution is 7.89. The molecule has 1 fully saturated rings. The Labute approximate surface area is 160 Å². The molecule has 0 aliphatic heterocycles. The monoisotopic (exact) mass is 396 g/mol. The lowest BCUT2D eigenvalue weighted by Crippen LogP contribution is -2.37. The van der Waals surface area contributed by atoms with E-state index in [4.69, 9.17) is 0 Å². The van der Waals surface area contributed by atoms with Crippen molar-refractivity contribution in [3.8, 4) is 0 Å². The van der Waals surface area contributed by atoms with E-state index < -0.39 is 27.3 Å². The Bertz CT molecular complexity index is 840. The van der Waals surface area contributed by atoms with Crippen LogP contribution in [0.2, 0.25) is 0 Å². The summed E-state index contributed by atoms with van der Waals surface area (Å²) < 4.78 is 26.0. The number of aliphatic carboxylic acids is 1. The zero-order valence-electron chi connectivity index (χ0n) is 16.3. The summed E-state index contributed by atoms with van der Waals surface area (Å²) >= 11 is 0. The first kappa shape index (κ1) is 21.4. The maximum atomic E-state index is 12.6. The van der Waals surface area contributed by atoms with Crippen molar-refractivity contribution in [2.24, 2.45) is 5.41 Å². The van der Waals surface area contributed by atoms with Crippen LogP contribution in [0.5, 0.6) is 0 Å². The Morgan fingerprint density at radius 2 is 1.74 bits per heavy atom. The predicted molar refractivity (Wildman–Crippen MR) is 103 cm³/mol. The summed E-state index contributed by atoms with van der Waals surface area (Å²) in [4.78, 5) is 24.5. The number of carboxylic acids is 1. The summed E-state index contributed by atoms with van der Waals surface area (Å²) in [7, 11) is -0.745. The molecule has 2 rings (SSSR count). The fraction of sp³-hybridized carbons (Fsp3) is 0.579. The van der Waals surface area contributed by atoms with E-state index in [1.165, 1.54) is 20.2 Å². The third kappa shape index (κ3) is 4.50. The number of carbonyl (C=O) groups excluding carboxylic acids is 1. The molecule has 27 heavy (non-hydrogen) atoms. The van der Waals surface area contributed by atoms with Crippen LogP contribution >= 0.6 is 0 Å². The van der Waals surface area contributed by atoms with Crippen LogP contribution in [0.15, 0.2) is 17.0 Å². The topological polar surface area (TPSA) is 104 Å². The van der Waals surface area contributed by atoms with Crippen molar-refractivity contribution < 1.29 is 23.1 Å². The average molecular weight is 397 g/mol. The molecule has 1 aliphatic rings. The molecule has 1 aromatic rings. The minimum Gasteiger partial charge on any atom is -0.481 e. The molecular weight excluding hydrogens is 368 g/mol. The zero-order chi connectivity index (χ0) is 20.4. The molecule has 1 amide bonds. The molecule has 0 heterocycles. The van der Waals surface area contributed by atoms with Gasteiger partial charge in [-0.1, -0.05) is 19.3 Å². The molecule has 7 nitrogen and oxygen atoms in total. The van der Waals surface area contributed by atoms with E-state index in [9.17, 15) is 23.1 Å². The summed E-state index contributed by atoms with van der Waals surface area (Å²) in [6, 6.07) is 3.00. The van der Waals surface area contributed by atoms with E-state index >= 15 is 0 Å². The highest BCUT2D eigenvalue weighted by Gasteiger charge is 2.41. The normalized spacial score (nSPS) is 16.9. The summed E-state index contributed by atoms with van der Waals surface area (Å²) in [6.07, 6.45) is 3.46. The Kier molecular flexibility index (Phi) is 6.32. The van der Waals surface area contributed by atoms with Crippen LogP contribution in [0, 0.1) is 19.3 Å². The van der Waals surface area contributed by atoms with Crippen molar-refractivity contribution in [3.63, 3.8) is 0 Å². The summed E-state index contributed by atoms with van der Waals surface area (Å²) in [5.74, 6) is -1.34. The fourth-order valence-electron chi connectivity index (χ4n) is 3.51. The van der Waals surface area contributed by atoms with Gasteiger partial charge in [0.2, 0.25) is 15.9 Å². The van der Waals surface area contributed by atoms with Crippen molar-refractivity contribution in [2.75, 3.05) is 19.4 Å². The molecule has 0 atom stereocenters. The van der Waals surface area contributed by atoms with Crippen molar-refractivity contribution in [3.05, 3.63) is 23.3 Å². The molecule has 0 saturated heterocycles. The van der Waals surface area contributed by atoms with Gasteiger partial charge in [0.1, 0.15) is 0 Å². The van der Waals surface area contributed by atoms with Crippen LogP contribution in [-0.4, -0.2) is 43.8 Å². The number of carbonyl (C=O) groups is 2. The smallest absolute Gasteiger partial charge is 0.310 e. The van der Waals surface area contributed by atoms with E-state index in [1.807, 2.05) is 0 Å². The van der Waals surface area contributed by atoms with Gasteiger partial charge in [-0.05, 0) is 49.9 Å². The summed E-state index contributed by atoms with van der Waals surface area (Å²) in [5.41, 5.74) is 0.864. The third-order valence-electron chi connectivity index (χ3n) is 5.46. The van der Waals surface area contributed by atoms with E-state index in [0.29, 0.717) is 18.5 Å². The zero-order valence-corrected chi connectivity index (χ0v) is 17.1. The number of nitrogens with zero attached hydrogens (tertiary/aromatic N) is 1. The lowest BCUT2D eigenvalue weighted by atomic mass is 9.71. The number of rotatable bonds is 6. The molecule has 0 spiro atoms. The molecule has 150 valence electrons. The number of amides is 1. The van der Waals surface area contributed by atoms with Crippen LogP contribution < -0.4 is 5.32 Å². The minimum atomic E-state index is -3.64. The Morgan fingerprint density at radius 3 is 2.26 bits per heavy atom. The van der Waals surface area contributed by atoms with Gasteiger partial charge in [-0.25, -0.2) is 12.7 Å². The highest BCUT2D eigenvalue weighted by Crippen LogP contribution is 2.40.